The summed E-state index contributed by atoms with van der Waals surface area (Å²) >= 11 is 0. The molecule has 0 saturated carbocycles. The number of nitrogens with zero attached hydrogens (tertiary/aromatic N) is 2. The van der Waals surface area contributed by atoms with Crippen LogP contribution in [0.15, 0.2) is 75.9 Å². The second-order valence-corrected chi connectivity index (χ2v) is 6.09. The van der Waals surface area contributed by atoms with Crippen LogP contribution in [0, 0.1) is 6.92 Å². The molecule has 0 radical (unpaired) electrons. The summed E-state index contributed by atoms with van der Waals surface area (Å²) in [5, 5.41) is 6.91. The number of hydrogen-bond acceptors (Lipinski definition) is 5. The maximum atomic E-state index is 12.6. The van der Waals surface area contributed by atoms with Crippen molar-refractivity contribution in [3.8, 4) is 11.6 Å². The Kier molecular flexibility index (Phi) is 4.53. The van der Waals surface area contributed by atoms with Crippen molar-refractivity contribution in [2.75, 3.05) is 5.32 Å². The number of aromatic nitrogens is 2. The molecule has 0 bridgehead atoms. The summed E-state index contributed by atoms with van der Waals surface area (Å²) in [6.07, 6.45) is 1.96. The zero-order valence-corrected chi connectivity index (χ0v) is 14.7. The van der Waals surface area contributed by atoms with Gasteiger partial charge in [0.15, 0.2) is 5.76 Å². The number of rotatable bonds is 5. The van der Waals surface area contributed by atoms with E-state index in [9.17, 15) is 4.79 Å². The molecule has 134 valence electrons. The van der Waals surface area contributed by atoms with E-state index in [4.69, 9.17) is 8.94 Å². The Morgan fingerprint density at radius 2 is 1.85 bits per heavy atom. The van der Waals surface area contributed by atoms with Crippen molar-refractivity contribution >= 4 is 11.6 Å². The zero-order chi connectivity index (χ0) is 18.6. The molecule has 4 aromatic rings. The molecule has 6 nitrogen and oxygen atoms in total. The van der Waals surface area contributed by atoms with Crippen molar-refractivity contribution in [2.45, 2.75) is 13.3 Å². The average Bonchev–Trinajstić information content (AvgIpc) is 3.35. The van der Waals surface area contributed by atoms with Gasteiger partial charge in [0.1, 0.15) is 0 Å². The summed E-state index contributed by atoms with van der Waals surface area (Å²) in [5.74, 6) is 1.24. The lowest BCUT2D eigenvalue weighted by Gasteiger charge is -2.11. The maximum absolute atomic E-state index is 12.6. The maximum Gasteiger partial charge on any atom is 0.255 e. The third kappa shape index (κ3) is 3.64. The lowest BCUT2D eigenvalue weighted by Crippen LogP contribution is -2.14. The minimum absolute atomic E-state index is 0.151. The molecule has 0 unspecified atom stereocenters. The highest BCUT2D eigenvalue weighted by Gasteiger charge is 2.15. The van der Waals surface area contributed by atoms with Gasteiger partial charge in [-0.2, -0.15) is 4.98 Å². The van der Waals surface area contributed by atoms with E-state index < -0.39 is 0 Å². The van der Waals surface area contributed by atoms with Gasteiger partial charge in [-0.05, 0) is 42.3 Å². The van der Waals surface area contributed by atoms with Gasteiger partial charge in [0, 0.05) is 11.3 Å². The number of anilines is 1. The number of furan rings is 1. The molecule has 0 aliphatic carbocycles. The zero-order valence-electron chi connectivity index (χ0n) is 14.7. The lowest BCUT2D eigenvalue weighted by molar-refractivity contribution is 0.102. The van der Waals surface area contributed by atoms with E-state index in [2.05, 4.69) is 15.5 Å². The topological polar surface area (TPSA) is 81.2 Å². The van der Waals surface area contributed by atoms with Crippen molar-refractivity contribution in [2.24, 2.45) is 0 Å². The van der Waals surface area contributed by atoms with Crippen LogP contribution >= 0.6 is 0 Å². The van der Waals surface area contributed by atoms with Crippen LogP contribution in [-0.2, 0) is 6.42 Å². The molecule has 4 rings (SSSR count). The predicted molar refractivity (Wildman–Crippen MR) is 100 cm³/mol. The van der Waals surface area contributed by atoms with E-state index in [0.29, 0.717) is 35.1 Å². The summed E-state index contributed by atoms with van der Waals surface area (Å²) in [6.45, 7) is 1.91. The largest absolute Gasteiger partial charge is 0.461 e. The van der Waals surface area contributed by atoms with Crippen LogP contribution in [0.2, 0.25) is 0 Å². The van der Waals surface area contributed by atoms with E-state index >= 15 is 0 Å². The third-order valence-corrected chi connectivity index (χ3v) is 4.21. The summed E-state index contributed by atoms with van der Waals surface area (Å²) in [6, 6.07) is 18.6. The Morgan fingerprint density at radius 3 is 2.67 bits per heavy atom. The first-order valence-corrected chi connectivity index (χ1v) is 8.52. The number of benzene rings is 2. The molecule has 1 N–H and O–H groups in total. The average molecular weight is 359 g/mol. The molecule has 2 heterocycles. The summed E-state index contributed by atoms with van der Waals surface area (Å²) in [7, 11) is 0. The van der Waals surface area contributed by atoms with Gasteiger partial charge in [0.25, 0.3) is 5.91 Å². The Morgan fingerprint density at radius 1 is 1.04 bits per heavy atom. The fourth-order valence-corrected chi connectivity index (χ4v) is 2.81. The van der Waals surface area contributed by atoms with Gasteiger partial charge >= 0.3 is 0 Å². The fourth-order valence-electron chi connectivity index (χ4n) is 2.81. The highest BCUT2D eigenvalue weighted by atomic mass is 16.5. The van der Waals surface area contributed by atoms with Gasteiger partial charge in [-0.1, -0.05) is 41.6 Å². The van der Waals surface area contributed by atoms with Crippen LogP contribution in [0.4, 0.5) is 5.69 Å². The molecule has 0 spiro atoms. The van der Waals surface area contributed by atoms with E-state index in [1.807, 2.05) is 49.4 Å². The highest BCUT2D eigenvalue weighted by molar-refractivity contribution is 6.05. The number of aryl methyl sites for hydroxylation is 1. The van der Waals surface area contributed by atoms with Gasteiger partial charge in [-0.15, -0.1) is 0 Å². The van der Waals surface area contributed by atoms with Crippen LogP contribution in [0.1, 0.15) is 27.4 Å². The number of para-hydroxylation sites is 1. The van der Waals surface area contributed by atoms with E-state index in [-0.39, 0.29) is 5.91 Å². The monoisotopic (exact) mass is 359 g/mol. The number of hydrogen-bond donors (Lipinski definition) is 1. The number of nitrogens with one attached hydrogen (secondary N) is 1. The third-order valence-electron chi connectivity index (χ3n) is 4.21. The predicted octanol–water partition coefficient (Wildman–Crippen LogP) is 4.48. The quantitative estimate of drug-likeness (QED) is 0.568. The Labute approximate surface area is 155 Å². The normalized spacial score (nSPS) is 10.7. The van der Waals surface area contributed by atoms with Gasteiger partial charge in [0.2, 0.25) is 11.7 Å². The number of carbonyl (C=O) groups is 1. The highest BCUT2D eigenvalue weighted by Crippen LogP contribution is 2.22. The first-order valence-electron chi connectivity index (χ1n) is 8.52. The molecule has 27 heavy (non-hydrogen) atoms. The van der Waals surface area contributed by atoms with Crippen LogP contribution < -0.4 is 5.32 Å². The fraction of sp³-hybridized carbons (Fsp3) is 0.0952. The molecule has 6 heteroatoms. The molecular weight excluding hydrogens is 342 g/mol. The van der Waals surface area contributed by atoms with Gasteiger partial charge in [-0.3, -0.25) is 4.79 Å². The smallest absolute Gasteiger partial charge is 0.255 e. The Hall–Kier alpha value is -3.67. The van der Waals surface area contributed by atoms with Gasteiger partial charge < -0.3 is 14.3 Å². The molecule has 0 fully saturated rings. The molecule has 0 atom stereocenters. The Bertz CT molecular complexity index is 1070. The summed E-state index contributed by atoms with van der Waals surface area (Å²) in [5.41, 5.74) is 3.16. The van der Waals surface area contributed by atoms with E-state index in [1.54, 1.807) is 24.5 Å². The first kappa shape index (κ1) is 16.8. The van der Waals surface area contributed by atoms with Gasteiger partial charge in [0.05, 0.1) is 12.7 Å². The van der Waals surface area contributed by atoms with Crippen LogP contribution in [0.3, 0.4) is 0 Å². The Balaban J connectivity index is 1.55. The summed E-state index contributed by atoms with van der Waals surface area (Å²) in [4.78, 5) is 17.0. The lowest BCUT2D eigenvalue weighted by atomic mass is 10.1. The van der Waals surface area contributed by atoms with Crippen molar-refractivity contribution in [1.82, 2.24) is 10.1 Å². The minimum atomic E-state index is -0.151. The number of amides is 1. The van der Waals surface area contributed by atoms with E-state index in [0.717, 1.165) is 11.1 Å². The van der Waals surface area contributed by atoms with Crippen LogP contribution in [0.25, 0.3) is 11.6 Å². The summed E-state index contributed by atoms with van der Waals surface area (Å²) < 4.78 is 10.6. The molecule has 2 aromatic heterocycles. The van der Waals surface area contributed by atoms with Crippen molar-refractivity contribution in [1.29, 1.82) is 0 Å². The second kappa shape index (κ2) is 7.29. The SMILES string of the molecule is Cc1ccccc1C(=O)Nc1ccccc1Cc1nc(-c2ccco2)no1. The molecule has 0 aliphatic heterocycles. The van der Waals surface area contributed by atoms with E-state index in [1.165, 1.54) is 0 Å². The minimum Gasteiger partial charge on any atom is -0.461 e. The van der Waals surface area contributed by atoms with Crippen LogP contribution in [0.5, 0.6) is 0 Å². The van der Waals surface area contributed by atoms with Crippen molar-refractivity contribution < 1.29 is 13.7 Å². The molecule has 1 amide bonds. The second-order valence-electron chi connectivity index (χ2n) is 6.09. The van der Waals surface area contributed by atoms with Crippen molar-refractivity contribution in [3.05, 3.63) is 89.5 Å². The van der Waals surface area contributed by atoms with Crippen molar-refractivity contribution in [3.63, 3.8) is 0 Å². The van der Waals surface area contributed by atoms with Crippen LogP contribution in [-0.4, -0.2) is 16.0 Å². The molecule has 0 aliphatic rings. The molecule has 0 saturated heterocycles. The molecular formula is C21H17N3O3. The molecule has 2 aromatic carbocycles. The number of carbonyl (C=O) groups excluding carboxylic acids is 1. The van der Waals surface area contributed by atoms with Gasteiger partial charge in [-0.25, -0.2) is 0 Å². The first-order chi connectivity index (χ1) is 13.2. The standard InChI is InChI=1S/C21H17N3O3/c1-14-7-2-4-9-16(14)21(25)22-17-10-5-3-8-15(17)13-19-23-20(24-27-19)18-11-6-12-26-18/h2-12H,13H2,1H3,(H,22,25).